The van der Waals surface area contributed by atoms with E-state index in [4.69, 9.17) is 11.6 Å². The number of carbonyl (C=O) groups excluding carboxylic acids is 2. The molecule has 0 bridgehead atoms. The minimum Gasteiger partial charge on any atom is -0.463 e. The van der Waals surface area contributed by atoms with Crippen molar-refractivity contribution in [3.05, 3.63) is 46.3 Å². The molecule has 0 atom stereocenters. The van der Waals surface area contributed by atoms with Crippen molar-refractivity contribution in [1.29, 1.82) is 0 Å². The highest BCUT2D eigenvalue weighted by molar-refractivity contribution is 6.35. The molecule has 5 heteroatoms. The number of allylic oxidation sites excluding steroid dienone is 1. The molecule has 1 aromatic carbocycles. The third-order valence-electron chi connectivity index (χ3n) is 2.23. The minimum absolute atomic E-state index is 0.0142. The van der Waals surface area contributed by atoms with Gasteiger partial charge in [0.25, 0.3) is 0 Å². The molecule has 0 spiro atoms. The van der Waals surface area contributed by atoms with E-state index in [1.165, 1.54) is 19.1 Å². The van der Waals surface area contributed by atoms with E-state index in [1.807, 2.05) is 0 Å². The summed E-state index contributed by atoms with van der Waals surface area (Å²) in [7, 11) is 0. The molecular formula is C13H12ClFO3. The monoisotopic (exact) mass is 270 g/mol. The average Bonchev–Trinajstić information content (AvgIpc) is 2.37. The lowest BCUT2D eigenvalue weighted by molar-refractivity contribution is -0.138. The van der Waals surface area contributed by atoms with Crippen molar-refractivity contribution in [2.45, 2.75) is 13.8 Å². The molecule has 0 unspecified atom stereocenters. The van der Waals surface area contributed by atoms with Gasteiger partial charge in [-0.2, -0.15) is 0 Å². The van der Waals surface area contributed by atoms with Crippen LogP contribution in [0.4, 0.5) is 4.39 Å². The first-order valence-corrected chi connectivity index (χ1v) is 5.69. The fourth-order valence-electron chi connectivity index (χ4n) is 1.26. The Kier molecular flexibility index (Phi) is 5.04. The normalized spacial score (nSPS) is 11.8. The molecule has 0 aliphatic rings. The highest BCUT2D eigenvalue weighted by Gasteiger charge is 2.21. The van der Waals surface area contributed by atoms with Crippen LogP contribution in [0.2, 0.25) is 5.02 Å². The second-order valence-corrected chi connectivity index (χ2v) is 3.88. The lowest BCUT2D eigenvalue weighted by atomic mass is 10.1. The molecule has 0 aliphatic carbocycles. The van der Waals surface area contributed by atoms with E-state index in [0.717, 1.165) is 0 Å². The zero-order chi connectivity index (χ0) is 13.7. The molecule has 1 aromatic rings. The first kappa shape index (κ1) is 14.4. The summed E-state index contributed by atoms with van der Waals surface area (Å²) in [6.07, 6.45) is 0. The van der Waals surface area contributed by atoms with Gasteiger partial charge in [-0.3, -0.25) is 4.79 Å². The number of esters is 1. The maximum Gasteiger partial charge on any atom is 0.336 e. The van der Waals surface area contributed by atoms with Gasteiger partial charge < -0.3 is 4.74 Å². The highest BCUT2D eigenvalue weighted by atomic mass is 35.5. The Hall–Kier alpha value is -1.68. The van der Waals surface area contributed by atoms with Crippen LogP contribution in [0.25, 0.3) is 0 Å². The zero-order valence-electron chi connectivity index (χ0n) is 10.00. The summed E-state index contributed by atoms with van der Waals surface area (Å²) < 4.78 is 18.4. The van der Waals surface area contributed by atoms with Crippen molar-refractivity contribution in [2.24, 2.45) is 0 Å². The molecule has 0 aliphatic heterocycles. The van der Waals surface area contributed by atoms with Gasteiger partial charge >= 0.3 is 5.97 Å². The SMILES string of the molecule is CCOC(=O)/C(C)=C(/F)C(=O)c1ccccc1Cl. The van der Waals surface area contributed by atoms with Crippen molar-refractivity contribution in [3.8, 4) is 0 Å². The standard InChI is InChI=1S/C13H12ClFO3/c1-3-18-13(17)8(2)11(15)12(16)9-6-4-5-7-10(9)14/h4-7H,3H2,1-2H3/b11-8+. The van der Waals surface area contributed by atoms with Crippen LogP contribution in [0.5, 0.6) is 0 Å². The lowest BCUT2D eigenvalue weighted by Gasteiger charge is -2.05. The first-order chi connectivity index (χ1) is 8.49. The van der Waals surface area contributed by atoms with Gasteiger partial charge in [0.2, 0.25) is 5.78 Å². The molecule has 0 N–H and O–H groups in total. The van der Waals surface area contributed by atoms with Crippen molar-refractivity contribution < 1.29 is 18.7 Å². The van der Waals surface area contributed by atoms with Crippen LogP contribution in [0, 0.1) is 0 Å². The maximum atomic E-state index is 13.8. The molecule has 1 rings (SSSR count). The molecule has 96 valence electrons. The van der Waals surface area contributed by atoms with Crippen LogP contribution in [0.1, 0.15) is 24.2 Å². The summed E-state index contributed by atoms with van der Waals surface area (Å²) in [5.41, 5.74) is -0.345. The third kappa shape index (κ3) is 3.17. The van der Waals surface area contributed by atoms with E-state index in [-0.39, 0.29) is 22.8 Å². The number of ketones is 1. The Labute approximate surface area is 109 Å². The van der Waals surface area contributed by atoms with Gasteiger partial charge in [0.15, 0.2) is 5.83 Å². The van der Waals surface area contributed by atoms with E-state index < -0.39 is 17.6 Å². The smallest absolute Gasteiger partial charge is 0.336 e. The molecule has 0 saturated heterocycles. The number of Topliss-reactive ketones (excluding diaryl/α,β-unsaturated/α-hetero) is 1. The Morgan fingerprint density at radius 1 is 1.33 bits per heavy atom. The van der Waals surface area contributed by atoms with Gasteiger partial charge in [-0.1, -0.05) is 23.7 Å². The summed E-state index contributed by atoms with van der Waals surface area (Å²) in [4.78, 5) is 23.1. The van der Waals surface area contributed by atoms with Crippen LogP contribution < -0.4 is 0 Å². The largest absolute Gasteiger partial charge is 0.463 e. The van der Waals surface area contributed by atoms with Gasteiger partial charge in [0.1, 0.15) is 0 Å². The third-order valence-corrected chi connectivity index (χ3v) is 2.56. The predicted octanol–water partition coefficient (Wildman–Crippen LogP) is 3.33. The van der Waals surface area contributed by atoms with Crippen LogP contribution in [-0.2, 0) is 9.53 Å². The Bertz CT molecular complexity index is 509. The zero-order valence-corrected chi connectivity index (χ0v) is 10.8. The van der Waals surface area contributed by atoms with Crippen LogP contribution in [0.15, 0.2) is 35.7 Å². The summed E-state index contributed by atoms with van der Waals surface area (Å²) in [6, 6.07) is 6.05. The van der Waals surface area contributed by atoms with Crippen molar-refractivity contribution >= 4 is 23.4 Å². The minimum atomic E-state index is -1.15. The van der Waals surface area contributed by atoms with Gasteiger partial charge in [-0.25, -0.2) is 9.18 Å². The van der Waals surface area contributed by atoms with E-state index in [2.05, 4.69) is 4.74 Å². The van der Waals surface area contributed by atoms with Crippen LogP contribution >= 0.6 is 11.6 Å². The van der Waals surface area contributed by atoms with Gasteiger partial charge in [-0.05, 0) is 26.0 Å². The molecule has 0 aromatic heterocycles. The predicted molar refractivity (Wildman–Crippen MR) is 66.2 cm³/mol. The average molecular weight is 271 g/mol. The van der Waals surface area contributed by atoms with Crippen molar-refractivity contribution in [3.63, 3.8) is 0 Å². The number of hydrogen-bond donors (Lipinski definition) is 0. The number of benzene rings is 1. The number of ether oxygens (including phenoxy) is 1. The number of carbonyl (C=O) groups is 2. The molecule has 0 heterocycles. The Balaban J connectivity index is 3.07. The van der Waals surface area contributed by atoms with Crippen LogP contribution in [0.3, 0.4) is 0 Å². The summed E-state index contributed by atoms with van der Waals surface area (Å²) >= 11 is 5.78. The Morgan fingerprint density at radius 2 is 1.94 bits per heavy atom. The number of hydrogen-bond acceptors (Lipinski definition) is 3. The number of rotatable bonds is 4. The van der Waals surface area contributed by atoms with E-state index in [9.17, 15) is 14.0 Å². The summed E-state index contributed by atoms with van der Waals surface area (Å²) in [5, 5.41) is 0.134. The van der Waals surface area contributed by atoms with Gasteiger partial charge in [0.05, 0.1) is 17.2 Å². The van der Waals surface area contributed by atoms with Gasteiger partial charge in [-0.15, -0.1) is 0 Å². The molecule has 0 amide bonds. The van der Waals surface area contributed by atoms with E-state index in [1.54, 1.807) is 19.1 Å². The first-order valence-electron chi connectivity index (χ1n) is 5.31. The van der Waals surface area contributed by atoms with Crippen molar-refractivity contribution in [1.82, 2.24) is 0 Å². The van der Waals surface area contributed by atoms with Gasteiger partial charge in [0, 0.05) is 5.56 Å². The highest BCUT2D eigenvalue weighted by Crippen LogP contribution is 2.21. The quantitative estimate of drug-likeness (QED) is 0.479. The Morgan fingerprint density at radius 3 is 2.50 bits per heavy atom. The second-order valence-electron chi connectivity index (χ2n) is 3.47. The molecule has 0 radical (unpaired) electrons. The lowest BCUT2D eigenvalue weighted by Crippen LogP contribution is -2.11. The molecule has 3 nitrogen and oxygen atoms in total. The van der Waals surface area contributed by atoms with Crippen molar-refractivity contribution in [2.75, 3.05) is 6.61 Å². The summed E-state index contributed by atoms with van der Waals surface area (Å²) in [6.45, 7) is 2.91. The topological polar surface area (TPSA) is 43.4 Å². The molecule has 0 fully saturated rings. The molecular weight excluding hydrogens is 259 g/mol. The second kappa shape index (κ2) is 6.31. The fourth-order valence-corrected chi connectivity index (χ4v) is 1.48. The molecule has 18 heavy (non-hydrogen) atoms. The van der Waals surface area contributed by atoms with E-state index >= 15 is 0 Å². The molecule has 0 saturated carbocycles. The van der Waals surface area contributed by atoms with E-state index in [0.29, 0.717) is 0 Å². The maximum absolute atomic E-state index is 13.8. The van der Waals surface area contributed by atoms with Crippen LogP contribution in [-0.4, -0.2) is 18.4 Å². The summed E-state index contributed by atoms with van der Waals surface area (Å²) in [5.74, 6) is -2.93. The number of halogens is 2. The fraction of sp³-hybridized carbons (Fsp3) is 0.231.